The van der Waals surface area contributed by atoms with Crippen LogP contribution in [0.4, 0.5) is 4.39 Å². The first-order valence-corrected chi connectivity index (χ1v) is 13.4. The molecule has 10 nitrogen and oxygen atoms in total. The van der Waals surface area contributed by atoms with Gasteiger partial charge in [0.2, 0.25) is 15.7 Å². The second-order valence-corrected chi connectivity index (χ2v) is 10.4. The van der Waals surface area contributed by atoms with Crippen LogP contribution in [0.25, 0.3) is 11.4 Å². The van der Waals surface area contributed by atoms with Crippen molar-refractivity contribution in [2.24, 2.45) is 0 Å². The van der Waals surface area contributed by atoms with Crippen LogP contribution in [0.1, 0.15) is 25.6 Å². The number of ether oxygens (including phenoxy) is 2. The third-order valence-electron chi connectivity index (χ3n) is 6.04. The zero-order valence-electron chi connectivity index (χ0n) is 21.4. The van der Waals surface area contributed by atoms with Crippen LogP contribution >= 0.6 is 0 Å². The molecule has 0 aliphatic heterocycles. The van der Waals surface area contributed by atoms with Gasteiger partial charge in [-0.05, 0) is 48.9 Å². The van der Waals surface area contributed by atoms with Crippen molar-refractivity contribution in [3.8, 4) is 28.8 Å². The first kappa shape index (κ1) is 27.6. The van der Waals surface area contributed by atoms with Crippen LogP contribution in [0, 0.1) is 5.82 Å². The number of halogens is 1. The molecule has 2 aromatic carbocycles. The van der Waals surface area contributed by atoms with Gasteiger partial charge in [0, 0.05) is 24.4 Å². The summed E-state index contributed by atoms with van der Waals surface area (Å²) in [6.45, 7) is 1.94. The summed E-state index contributed by atoms with van der Waals surface area (Å²) in [5.74, 6) is -1.01. The molecule has 12 heteroatoms. The lowest BCUT2D eigenvalue weighted by molar-refractivity contribution is 0.386. The Balaban J connectivity index is 1.94. The molecule has 39 heavy (non-hydrogen) atoms. The van der Waals surface area contributed by atoms with E-state index in [1.807, 2.05) is 6.92 Å². The van der Waals surface area contributed by atoms with Crippen molar-refractivity contribution in [3.05, 3.63) is 93.1 Å². The van der Waals surface area contributed by atoms with Crippen LogP contribution in [0.3, 0.4) is 0 Å². The van der Waals surface area contributed by atoms with Gasteiger partial charge in [0.25, 0.3) is 11.1 Å². The summed E-state index contributed by atoms with van der Waals surface area (Å²) in [5.41, 5.74) is -1.22. The Kier molecular flexibility index (Phi) is 7.86. The predicted molar refractivity (Wildman–Crippen MR) is 141 cm³/mol. The summed E-state index contributed by atoms with van der Waals surface area (Å²) in [5, 5.41) is 10.7. The molecule has 0 bridgehead atoms. The minimum absolute atomic E-state index is 0.127. The highest BCUT2D eigenvalue weighted by Gasteiger charge is 2.31. The van der Waals surface area contributed by atoms with E-state index < -0.39 is 37.5 Å². The number of para-hydroxylation sites is 1. The van der Waals surface area contributed by atoms with Gasteiger partial charge >= 0.3 is 0 Å². The average Bonchev–Trinajstić information content (AvgIpc) is 2.92. The van der Waals surface area contributed by atoms with Crippen LogP contribution in [-0.2, 0) is 16.3 Å². The number of unbranched alkanes of at least 4 members (excludes halogenated alkanes) is 1. The van der Waals surface area contributed by atoms with Gasteiger partial charge in [-0.15, -0.1) is 0 Å². The van der Waals surface area contributed by atoms with Gasteiger partial charge in [0.15, 0.2) is 4.90 Å². The highest BCUT2D eigenvalue weighted by molar-refractivity contribution is 7.91. The smallest absolute Gasteiger partial charge is 0.281 e. The topological polar surface area (TPSA) is 130 Å². The molecule has 2 aromatic heterocycles. The zero-order valence-corrected chi connectivity index (χ0v) is 22.2. The monoisotopic (exact) mass is 555 g/mol. The third-order valence-corrected chi connectivity index (χ3v) is 7.83. The minimum Gasteiger partial charge on any atom is -0.494 e. The zero-order chi connectivity index (χ0) is 28.3. The maximum Gasteiger partial charge on any atom is 0.281 e. The highest BCUT2D eigenvalue weighted by atomic mass is 32.2. The molecule has 1 N–H and O–H groups in total. The summed E-state index contributed by atoms with van der Waals surface area (Å²) in [4.78, 5) is 28.8. The number of hydrogen-bond acceptors (Lipinski definition) is 8. The maximum atomic E-state index is 13.9. The molecule has 0 fully saturated rings. The molecule has 4 rings (SSSR count). The first-order valence-electron chi connectivity index (χ1n) is 11.9. The predicted octanol–water partition coefficient (Wildman–Crippen LogP) is 3.42. The second kappa shape index (κ2) is 11.1. The van der Waals surface area contributed by atoms with Crippen molar-refractivity contribution in [3.63, 3.8) is 0 Å². The number of benzene rings is 2. The van der Waals surface area contributed by atoms with Gasteiger partial charge < -0.3 is 14.6 Å². The van der Waals surface area contributed by atoms with E-state index in [0.717, 1.165) is 46.0 Å². The lowest BCUT2D eigenvalue weighted by Crippen LogP contribution is -2.30. The van der Waals surface area contributed by atoms with E-state index in [4.69, 9.17) is 9.47 Å². The minimum atomic E-state index is -4.61. The number of rotatable bonds is 9. The number of hydrogen-bond donors (Lipinski definition) is 1. The molecular formula is C27H26FN3O7S. The lowest BCUT2D eigenvalue weighted by atomic mass is 10.2. The van der Waals surface area contributed by atoms with Gasteiger partial charge in [-0.1, -0.05) is 19.4 Å². The van der Waals surface area contributed by atoms with Crippen LogP contribution in [0.5, 0.6) is 17.4 Å². The van der Waals surface area contributed by atoms with Gasteiger partial charge in [0.1, 0.15) is 28.8 Å². The molecule has 0 amide bonds. The van der Waals surface area contributed by atoms with E-state index in [1.54, 1.807) is 18.2 Å². The SMILES string of the molecule is CCCCc1nc(O)c(S(=O)(=O)c2ccc(-n3cc(F)ccc3=O)cc2)c(=O)n1-c1c(OC)cccc1OC. The Morgan fingerprint density at radius 1 is 0.974 bits per heavy atom. The summed E-state index contributed by atoms with van der Waals surface area (Å²) in [6.07, 6.45) is 2.59. The number of aromatic hydroxyl groups is 1. The number of pyridine rings is 1. The van der Waals surface area contributed by atoms with E-state index in [-0.39, 0.29) is 40.0 Å². The molecule has 204 valence electrons. The fourth-order valence-electron chi connectivity index (χ4n) is 4.12. The Morgan fingerprint density at radius 2 is 1.62 bits per heavy atom. The molecule has 0 radical (unpaired) electrons. The van der Waals surface area contributed by atoms with Gasteiger partial charge in [-0.25, -0.2) is 12.8 Å². The van der Waals surface area contributed by atoms with Crippen molar-refractivity contribution >= 4 is 9.84 Å². The number of aromatic nitrogens is 3. The molecule has 0 spiro atoms. The van der Waals surface area contributed by atoms with Gasteiger partial charge in [0.05, 0.1) is 19.1 Å². The van der Waals surface area contributed by atoms with Gasteiger partial charge in [-0.2, -0.15) is 4.98 Å². The largest absolute Gasteiger partial charge is 0.494 e. The molecule has 0 atom stereocenters. The number of nitrogens with zero attached hydrogens (tertiary/aromatic N) is 3. The van der Waals surface area contributed by atoms with E-state index >= 15 is 0 Å². The number of sulfone groups is 1. The molecule has 0 saturated carbocycles. The molecule has 0 unspecified atom stereocenters. The van der Waals surface area contributed by atoms with E-state index in [1.165, 1.54) is 26.4 Å². The second-order valence-electron chi connectivity index (χ2n) is 8.49. The quantitative estimate of drug-likeness (QED) is 0.333. The van der Waals surface area contributed by atoms with E-state index in [2.05, 4.69) is 4.98 Å². The van der Waals surface area contributed by atoms with E-state index in [0.29, 0.717) is 6.42 Å². The Bertz CT molecular complexity index is 1720. The van der Waals surface area contributed by atoms with Crippen LogP contribution in [0.2, 0.25) is 0 Å². The molecule has 0 aliphatic rings. The first-order chi connectivity index (χ1) is 18.6. The third kappa shape index (κ3) is 5.15. The molecule has 2 heterocycles. The number of methoxy groups -OCH3 is 2. The standard InChI is InChI=1S/C27H26FN3O7S/c1-4-5-9-22-29-26(33)25(27(34)31(22)24-20(37-2)7-6-8-21(24)38-3)39(35,36)19-13-11-18(12-14-19)30-16-17(28)10-15-23(30)32/h6-8,10-16,33H,4-5,9H2,1-3H3. The van der Waals surface area contributed by atoms with Crippen molar-refractivity contribution in [1.29, 1.82) is 0 Å². The Labute approximate surface area is 223 Å². The Hall–Kier alpha value is -4.45. The van der Waals surface area contributed by atoms with Crippen molar-refractivity contribution in [1.82, 2.24) is 14.1 Å². The highest BCUT2D eigenvalue weighted by Crippen LogP contribution is 2.34. The maximum absolute atomic E-state index is 13.9. The fraction of sp³-hybridized carbons (Fsp3) is 0.222. The molecule has 0 saturated heterocycles. The average molecular weight is 556 g/mol. The summed E-state index contributed by atoms with van der Waals surface area (Å²) < 4.78 is 53.9. The fourth-order valence-corrected chi connectivity index (χ4v) is 5.46. The normalized spacial score (nSPS) is 11.4. The van der Waals surface area contributed by atoms with Gasteiger partial charge in [-0.3, -0.25) is 18.7 Å². The van der Waals surface area contributed by atoms with Crippen LogP contribution in [0.15, 0.2) is 80.2 Å². The van der Waals surface area contributed by atoms with Crippen molar-refractivity contribution < 1.29 is 27.4 Å². The van der Waals surface area contributed by atoms with Crippen molar-refractivity contribution in [2.45, 2.75) is 36.0 Å². The summed E-state index contributed by atoms with van der Waals surface area (Å²) >= 11 is 0. The molecule has 0 aliphatic carbocycles. The van der Waals surface area contributed by atoms with E-state index in [9.17, 15) is 27.5 Å². The molecule has 4 aromatic rings. The van der Waals surface area contributed by atoms with Crippen LogP contribution in [-0.4, -0.2) is 41.9 Å². The number of aryl methyl sites for hydroxylation is 1. The lowest BCUT2D eigenvalue weighted by Gasteiger charge is -2.19. The molecular weight excluding hydrogens is 529 g/mol. The van der Waals surface area contributed by atoms with Crippen LogP contribution < -0.4 is 20.6 Å². The summed E-state index contributed by atoms with van der Waals surface area (Å²) in [6, 6.07) is 11.8. The Morgan fingerprint density at radius 3 is 2.21 bits per heavy atom. The van der Waals surface area contributed by atoms with Crippen molar-refractivity contribution in [2.75, 3.05) is 14.2 Å². The summed E-state index contributed by atoms with van der Waals surface area (Å²) in [7, 11) is -1.82.